The first kappa shape index (κ1) is 17.2. The molecule has 3 rings (SSSR count). The third-order valence-electron chi connectivity index (χ3n) is 4.58. The van der Waals surface area contributed by atoms with Gasteiger partial charge in [0, 0.05) is 25.8 Å². The average Bonchev–Trinajstić information content (AvgIpc) is 2.62. The highest BCUT2D eigenvalue weighted by Crippen LogP contribution is 2.32. The molecule has 0 atom stereocenters. The van der Waals surface area contributed by atoms with Crippen LogP contribution in [-0.2, 0) is 14.1 Å². The van der Waals surface area contributed by atoms with Gasteiger partial charge in [-0.05, 0) is 12.8 Å². The van der Waals surface area contributed by atoms with E-state index in [-0.39, 0.29) is 23.8 Å². The van der Waals surface area contributed by atoms with Gasteiger partial charge in [0.15, 0.2) is 5.65 Å². The van der Waals surface area contributed by atoms with Crippen molar-refractivity contribution in [2.24, 2.45) is 14.1 Å². The molecule has 24 heavy (non-hydrogen) atoms. The SMILES string of the molecule is Cn1c(=O)c2c(SCCO)nc(C3CCCCC3)nc2n(C)c1=O. The number of aliphatic hydroxyl groups excluding tert-OH is 1. The van der Waals surface area contributed by atoms with Crippen LogP contribution >= 0.6 is 11.8 Å². The molecule has 1 saturated carbocycles. The van der Waals surface area contributed by atoms with Crippen molar-refractivity contribution in [3.05, 3.63) is 26.7 Å². The van der Waals surface area contributed by atoms with E-state index >= 15 is 0 Å². The predicted molar refractivity (Wildman–Crippen MR) is 93.7 cm³/mol. The van der Waals surface area contributed by atoms with Crippen LogP contribution in [0.4, 0.5) is 0 Å². The highest BCUT2D eigenvalue weighted by atomic mass is 32.2. The van der Waals surface area contributed by atoms with Crippen LogP contribution in [0.2, 0.25) is 0 Å². The summed E-state index contributed by atoms with van der Waals surface area (Å²) in [7, 11) is 3.09. The van der Waals surface area contributed by atoms with Gasteiger partial charge in [-0.3, -0.25) is 13.9 Å². The predicted octanol–water partition coefficient (Wildman–Crippen LogP) is 1.16. The third-order valence-corrected chi connectivity index (χ3v) is 5.54. The zero-order chi connectivity index (χ0) is 17.3. The van der Waals surface area contributed by atoms with Crippen LogP contribution in [0.15, 0.2) is 14.6 Å². The van der Waals surface area contributed by atoms with Crippen molar-refractivity contribution in [2.45, 2.75) is 43.0 Å². The van der Waals surface area contributed by atoms with Crippen LogP contribution in [0.5, 0.6) is 0 Å². The molecule has 0 bridgehead atoms. The second-order valence-electron chi connectivity index (χ2n) is 6.20. The molecule has 8 heteroatoms. The van der Waals surface area contributed by atoms with Gasteiger partial charge in [0.2, 0.25) is 0 Å². The number of aliphatic hydroxyl groups is 1. The number of rotatable bonds is 4. The Morgan fingerprint density at radius 1 is 1.12 bits per heavy atom. The lowest BCUT2D eigenvalue weighted by molar-refractivity contribution is 0.322. The number of aromatic nitrogens is 4. The fourth-order valence-corrected chi connectivity index (χ4v) is 4.00. The molecule has 0 saturated heterocycles. The number of hydrogen-bond donors (Lipinski definition) is 1. The van der Waals surface area contributed by atoms with E-state index in [1.807, 2.05) is 0 Å². The minimum absolute atomic E-state index is 0.000996. The summed E-state index contributed by atoms with van der Waals surface area (Å²) in [5.74, 6) is 1.43. The van der Waals surface area contributed by atoms with Crippen molar-refractivity contribution in [1.82, 2.24) is 19.1 Å². The Kier molecular flexibility index (Phi) is 5.05. The van der Waals surface area contributed by atoms with Crippen molar-refractivity contribution in [3.8, 4) is 0 Å². The summed E-state index contributed by atoms with van der Waals surface area (Å²) < 4.78 is 2.49. The number of hydrogen-bond acceptors (Lipinski definition) is 6. The molecule has 7 nitrogen and oxygen atoms in total. The molecule has 1 fully saturated rings. The van der Waals surface area contributed by atoms with Crippen molar-refractivity contribution >= 4 is 22.8 Å². The lowest BCUT2D eigenvalue weighted by Crippen LogP contribution is -2.38. The van der Waals surface area contributed by atoms with E-state index in [0.717, 1.165) is 30.3 Å². The lowest BCUT2D eigenvalue weighted by Gasteiger charge is -2.21. The third kappa shape index (κ3) is 3.00. The molecule has 1 aliphatic carbocycles. The van der Waals surface area contributed by atoms with Crippen molar-refractivity contribution in [1.29, 1.82) is 0 Å². The van der Waals surface area contributed by atoms with Gasteiger partial charge in [-0.15, -0.1) is 11.8 Å². The van der Waals surface area contributed by atoms with E-state index in [2.05, 4.69) is 9.97 Å². The normalized spacial score (nSPS) is 16.0. The second kappa shape index (κ2) is 7.06. The van der Waals surface area contributed by atoms with Crippen LogP contribution in [0.25, 0.3) is 11.0 Å². The quantitative estimate of drug-likeness (QED) is 0.657. The summed E-state index contributed by atoms with van der Waals surface area (Å²) in [5.41, 5.74) is -0.387. The van der Waals surface area contributed by atoms with Crippen LogP contribution in [0.1, 0.15) is 43.8 Å². The minimum Gasteiger partial charge on any atom is -0.396 e. The molecule has 0 amide bonds. The Labute approximate surface area is 143 Å². The van der Waals surface area contributed by atoms with Crippen molar-refractivity contribution < 1.29 is 5.11 Å². The van der Waals surface area contributed by atoms with E-state index in [9.17, 15) is 9.59 Å². The highest BCUT2D eigenvalue weighted by molar-refractivity contribution is 7.99. The van der Waals surface area contributed by atoms with Crippen molar-refractivity contribution in [2.75, 3.05) is 12.4 Å². The molecule has 0 aliphatic heterocycles. The van der Waals surface area contributed by atoms with Crippen molar-refractivity contribution in [3.63, 3.8) is 0 Å². The molecule has 1 aliphatic rings. The standard InChI is InChI=1S/C16H22N4O3S/c1-19-13-11(15(22)20(2)16(19)23)14(24-9-8-21)18-12(17-13)10-6-4-3-5-7-10/h10,21H,3-9H2,1-2H3. The average molecular weight is 350 g/mol. The molecule has 0 unspecified atom stereocenters. The van der Waals surface area contributed by atoms with E-state index in [0.29, 0.717) is 27.6 Å². The Hall–Kier alpha value is -1.67. The van der Waals surface area contributed by atoms with E-state index in [1.165, 1.54) is 29.8 Å². The summed E-state index contributed by atoms with van der Waals surface area (Å²) in [6.45, 7) is 0.000996. The van der Waals surface area contributed by atoms with E-state index in [4.69, 9.17) is 5.11 Å². The van der Waals surface area contributed by atoms with Gasteiger partial charge in [-0.2, -0.15) is 0 Å². The first-order valence-electron chi connectivity index (χ1n) is 8.26. The number of aryl methyl sites for hydroxylation is 1. The molecule has 2 aromatic rings. The Bertz CT molecular complexity index is 868. The van der Waals surface area contributed by atoms with E-state index in [1.54, 1.807) is 7.05 Å². The number of thioether (sulfide) groups is 1. The topological polar surface area (TPSA) is 90.0 Å². The molecule has 130 valence electrons. The molecule has 2 aromatic heterocycles. The lowest BCUT2D eigenvalue weighted by atomic mass is 9.89. The maximum atomic E-state index is 12.6. The van der Waals surface area contributed by atoms with Crippen LogP contribution < -0.4 is 11.2 Å². The monoisotopic (exact) mass is 350 g/mol. The zero-order valence-electron chi connectivity index (χ0n) is 14.0. The Morgan fingerprint density at radius 2 is 1.83 bits per heavy atom. The minimum atomic E-state index is -0.390. The smallest absolute Gasteiger partial charge is 0.332 e. The van der Waals surface area contributed by atoms with Gasteiger partial charge in [-0.25, -0.2) is 14.8 Å². The van der Waals surface area contributed by atoms with Crippen LogP contribution in [0, 0.1) is 0 Å². The summed E-state index contributed by atoms with van der Waals surface area (Å²) in [4.78, 5) is 34.0. The van der Waals surface area contributed by atoms with Gasteiger partial charge in [0.1, 0.15) is 16.2 Å². The van der Waals surface area contributed by atoms with Gasteiger partial charge < -0.3 is 5.11 Å². The number of nitrogens with zero attached hydrogens (tertiary/aromatic N) is 4. The van der Waals surface area contributed by atoms with Gasteiger partial charge in [-0.1, -0.05) is 19.3 Å². The van der Waals surface area contributed by atoms with Gasteiger partial charge in [0.05, 0.1) is 6.61 Å². The molecule has 0 aromatic carbocycles. The Morgan fingerprint density at radius 3 is 2.50 bits per heavy atom. The van der Waals surface area contributed by atoms with Gasteiger partial charge >= 0.3 is 5.69 Å². The molecule has 1 N–H and O–H groups in total. The molecule has 2 heterocycles. The zero-order valence-corrected chi connectivity index (χ0v) is 14.8. The largest absolute Gasteiger partial charge is 0.396 e. The Balaban J connectivity index is 2.26. The van der Waals surface area contributed by atoms with Gasteiger partial charge in [0.25, 0.3) is 5.56 Å². The summed E-state index contributed by atoms with van der Waals surface area (Å²) in [5, 5.41) is 10.1. The molecule has 0 radical (unpaired) electrons. The first-order valence-corrected chi connectivity index (χ1v) is 9.24. The fourth-order valence-electron chi connectivity index (χ4n) is 3.24. The van der Waals surface area contributed by atoms with E-state index < -0.39 is 0 Å². The van der Waals surface area contributed by atoms with Crippen LogP contribution in [-0.4, -0.2) is 36.6 Å². The first-order chi connectivity index (χ1) is 11.5. The summed E-state index contributed by atoms with van der Waals surface area (Å²) in [6.07, 6.45) is 5.61. The van der Waals surface area contributed by atoms with Crippen LogP contribution in [0.3, 0.4) is 0 Å². The summed E-state index contributed by atoms with van der Waals surface area (Å²) >= 11 is 1.34. The molecular weight excluding hydrogens is 328 g/mol. The highest BCUT2D eigenvalue weighted by Gasteiger charge is 2.23. The molecule has 0 spiro atoms. The summed E-state index contributed by atoms with van der Waals surface area (Å²) in [6, 6.07) is 0. The molecular formula is C16H22N4O3S. The maximum Gasteiger partial charge on any atom is 0.332 e. The second-order valence-corrected chi connectivity index (χ2v) is 7.28. The maximum absolute atomic E-state index is 12.6. The number of fused-ring (bicyclic) bond motifs is 1. The fraction of sp³-hybridized carbons (Fsp3) is 0.625.